The van der Waals surface area contributed by atoms with Gasteiger partial charge in [-0.25, -0.2) is 0 Å². The molecule has 1 atom stereocenters. The molecule has 0 radical (unpaired) electrons. The second-order valence-electron chi connectivity index (χ2n) is 2.03. The standard InChI is InChI=1S/C7H5Br3OS/c8-7(9,10)12(11)6-4-2-1-3-5-6/h1-5H/t12-/m0/s1. The molecule has 0 aliphatic carbocycles. The summed E-state index contributed by atoms with van der Waals surface area (Å²) in [4.78, 5) is 0.767. The van der Waals surface area contributed by atoms with Crippen LogP contribution >= 0.6 is 47.8 Å². The lowest BCUT2D eigenvalue weighted by atomic mass is 10.4. The summed E-state index contributed by atoms with van der Waals surface area (Å²) in [6.45, 7) is 0. The highest BCUT2D eigenvalue weighted by Crippen LogP contribution is 2.40. The van der Waals surface area contributed by atoms with Gasteiger partial charge < -0.3 is 0 Å². The largest absolute Gasteiger partial charge is 0.251 e. The smallest absolute Gasteiger partial charge is 0.213 e. The molecule has 0 spiro atoms. The average Bonchev–Trinajstić information content (AvgIpc) is 2.03. The van der Waals surface area contributed by atoms with Gasteiger partial charge in [-0.05, 0) is 59.9 Å². The number of hydrogen-bond donors (Lipinski definition) is 0. The molecule has 1 aromatic carbocycles. The van der Waals surface area contributed by atoms with Gasteiger partial charge in [-0.3, -0.25) is 4.21 Å². The summed E-state index contributed by atoms with van der Waals surface area (Å²) >= 11 is 9.64. The number of rotatable bonds is 1. The molecule has 0 aromatic heterocycles. The highest BCUT2D eigenvalue weighted by atomic mass is 80.0. The van der Waals surface area contributed by atoms with Gasteiger partial charge in [0, 0.05) is 4.90 Å². The summed E-state index contributed by atoms with van der Waals surface area (Å²) in [5.41, 5.74) is 0. The van der Waals surface area contributed by atoms with Crippen LogP contribution in [-0.4, -0.2) is 5.68 Å². The normalized spacial score (nSPS) is 14.2. The number of halogens is 3. The van der Waals surface area contributed by atoms with E-state index in [0.717, 1.165) is 4.90 Å². The van der Waals surface area contributed by atoms with Gasteiger partial charge in [0.15, 0.2) is 0 Å². The van der Waals surface area contributed by atoms with Crippen molar-refractivity contribution in [1.82, 2.24) is 0 Å². The Balaban J connectivity index is 2.94. The van der Waals surface area contributed by atoms with Crippen LogP contribution in [0.2, 0.25) is 0 Å². The number of alkyl halides is 3. The Bertz CT molecular complexity index is 280. The third kappa shape index (κ3) is 2.94. The monoisotopic (exact) mass is 374 g/mol. The van der Waals surface area contributed by atoms with Crippen molar-refractivity contribution >= 4 is 58.6 Å². The van der Waals surface area contributed by atoms with Crippen LogP contribution in [0.3, 0.4) is 0 Å². The first kappa shape index (κ1) is 10.9. The van der Waals surface area contributed by atoms with E-state index in [1.165, 1.54) is 0 Å². The van der Waals surface area contributed by atoms with Crippen LogP contribution in [-0.2, 0) is 10.8 Å². The maximum absolute atomic E-state index is 11.6. The molecule has 0 aliphatic heterocycles. The van der Waals surface area contributed by atoms with Crippen molar-refractivity contribution in [1.29, 1.82) is 0 Å². The Morgan fingerprint density at radius 1 is 1.08 bits per heavy atom. The SMILES string of the molecule is O=[S@@](c1ccccc1)C(Br)(Br)Br. The van der Waals surface area contributed by atoms with E-state index in [0.29, 0.717) is 0 Å². The van der Waals surface area contributed by atoms with E-state index in [4.69, 9.17) is 0 Å². The predicted molar refractivity (Wildman–Crippen MR) is 62.4 cm³/mol. The molecule has 5 heteroatoms. The van der Waals surface area contributed by atoms with Crippen LogP contribution in [0.4, 0.5) is 0 Å². The second kappa shape index (κ2) is 4.35. The lowest BCUT2D eigenvalue weighted by Crippen LogP contribution is -2.09. The molecule has 1 nitrogen and oxygen atoms in total. The Hall–Kier alpha value is 0.810. The first-order valence-electron chi connectivity index (χ1n) is 3.05. The quantitative estimate of drug-likeness (QED) is 0.684. The van der Waals surface area contributed by atoms with Crippen molar-refractivity contribution in [2.75, 3.05) is 0 Å². The molecule has 66 valence electrons. The fraction of sp³-hybridized carbons (Fsp3) is 0.143. The zero-order valence-corrected chi connectivity index (χ0v) is 11.4. The highest BCUT2D eigenvalue weighted by Gasteiger charge is 2.27. The van der Waals surface area contributed by atoms with Crippen molar-refractivity contribution in [3.63, 3.8) is 0 Å². The minimum absolute atomic E-state index is 0.728. The molecular formula is C7H5Br3OS. The molecule has 0 N–H and O–H groups in total. The third-order valence-electron chi connectivity index (χ3n) is 1.17. The third-order valence-corrected chi connectivity index (χ3v) is 4.93. The molecule has 0 bridgehead atoms. The van der Waals surface area contributed by atoms with E-state index in [9.17, 15) is 4.21 Å². The topological polar surface area (TPSA) is 17.1 Å². The molecule has 1 rings (SSSR count). The van der Waals surface area contributed by atoms with E-state index >= 15 is 0 Å². The first-order valence-corrected chi connectivity index (χ1v) is 6.58. The van der Waals surface area contributed by atoms with Gasteiger partial charge in [-0.15, -0.1) is 0 Å². The Morgan fingerprint density at radius 3 is 2.00 bits per heavy atom. The minimum Gasteiger partial charge on any atom is -0.251 e. The van der Waals surface area contributed by atoms with Crippen molar-refractivity contribution in [3.8, 4) is 0 Å². The van der Waals surface area contributed by atoms with E-state index < -0.39 is 12.3 Å². The van der Waals surface area contributed by atoms with E-state index in [1.807, 2.05) is 30.3 Å². The van der Waals surface area contributed by atoms with Gasteiger partial charge in [0.25, 0.3) is 0 Å². The van der Waals surface area contributed by atoms with Crippen molar-refractivity contribution in [2.45, 2.75) is 6.37 Å². The van der Waals surface area contributed by atoms with Gasteiger partial charge in [-0.1, -0.05) is 18.2 Å². The number of hydrogen-bond acceptors (Lipinski definition) is 1. The fourth-order valence-corrected chi connectivity index (χ4v) is 3.03. The Kier molecular flexibility index (Phi) is 3.95. The fourth-order valence-electron chi connectivity index (χ4n) is 0.678. The van der Waals surface area contributed by atoms with Crippen LogP contribution < -0.4 is 0 Å². The maximum atomic E-state index is 11.6. The predicted octanol–water partition coefficient (Wildman–Crippen LogP) is 3.59. The molecule has 0 amide bonds. The highest BCUT2D eigenvalue weighted by molar-refractivity contribution is 9.42. The Morgan fingerprint density at radius 2 is 1.58 bits per heavy atom. The average molecular weight is 377 g/mol. The zero-order valence-electron chi connectivity index (χ0n) is 5.84. The van der Waals surface area contributed by atoms with Gasteiger partial charge in [0.05, 0.1) is 10.8 Å². The van der Waals surface area contributed by atoms with Gasteiger partial charge in [0.1, 0.15) is 0 Å². The summed E-state index contributed by atoms with van der Waals surface area (Å²) in [5, 5.41) is 0. The van der Waals surface area contributed by atoms with Crippen LogP contribution in [0.15, 0.2) is 35.2 Å². The van der Waals surface area contributed by atoms with Crippen LogP contribution in [0.1, 0.15) is 0 Å². The van der Waals surface area contributed by atoms with Crippen molar-refractivity contribution in [3.05, 3.63) is 30.3 Å². The lowest BCUT2D eigenvalue weighted by Gasteiger charge is -2.10. The summed E-state index contributed by atoms with van der Waals surface area (Å²) in [6.07, 6.45) is 0. The molecule has 0 fully saturated rings. The minimum atomic E-state index is -1.15. The van der Waals surface area contributed by atoms with Crippen LogP contribution in [0.25, 0.3) is 0 Å². The summed E-state index contributed by atoms with van der Waals surface area (Å²) in [5.74, 6) is 0. The molecule has 0 unspecified atom stereocenters. The van der Waals surface area contributed by atoms with Crippen molar-refractivity contribution in [2.24, 2.45) is 0 Å². The number of benzene rings is 1. The summed E-state index contributed by atoms with van der Waals surface area (Å²) in [7, 11) is -1.15. The molecule has 0 saturated carbocycles. The molecule has 0 aliphatic rings. The maximum Gasteiger partial charge on any atom is 0.213 e. The van der Waals surface area contributed by atoms with E-state index in [2.05, 4.69) is 47.8 Å². The van der Waals surface area contributed by atoms with Gasteiger partial charge >= 0.3 is 0 Å². The zero-order chi connectivity index (χ0) is 9.19. The summed E-state index contributed by atoms with van der Waals surface area (Å²) in [6, 6.07) is 9.22. The molecule has 12 heavy (non-hydrogen) atoms. The van der Waals surface area contributed by atoms with Gasteiger partial charge in [-0.2, -0.15) is 0 Å². The molecular weight excluding hydrogens is 372 g/mol. The van der Waals surface area contributed by atoms with Gasteiger partial charge in [0.2, 0.25) is 1.47 Å². The molecule has 0 heterocycles. The van der Waals surface area contributed by atoms with Crippen LogP contribution in [0, 0.1) is 0 Å². The van der Waals surface area contributed by atoms with Crippen LogP contribution in [0.5, 0.6) is 0 Å². The lowest BCUT2D eigenvalue weighted by molar-refractivity contribution is 0.685. The van der Waals surface area contributed by atoms with E-state index in [-0.39, 0.29) is 0 Å². The second-order valence-corrected chi connectivity index (χ2v) is 12.0. The Labute approximate surface area is 98.8 Å². The van der Waals surface area contributed by atoms with E-state index in [1.54, 1.807) is 0 Å². The first-order chi connectivity index (χ1) is 5.52. The molecule has 0 saturated heterocycles. The summed E-state index contributed by atoms with van der Waals surface area (Å²) < 4.78 is 10.9. The molecule has 1 aromatic rings. The van der Waals surface area contributed by atoms with Crippen molar-refractivity contribution < 1.29 is 4.21 Å².